The Balaban J connectivity index is 0.00000341. The van der Waals surface area contributed by atoms with Crippen LogP contribution >= 0.6 is 24.0 Å². The lowest BCUT2D eigenvalue weighted by Gasteiger charge is -2.29. The van der Waals surface area contributed by atoms with Gasteiger partial charge in [0.05, 0.1) is 25.6 Å². The smallest absolute Gasteiger partial charge is 0.308 e. The molecule has 0 aliphatic heterocycles. The Hall–Kier alpha value is -2.17. The van der Waals surface area contributed by atoms with Gasteiger partial charge in [-0.2, -0.15) is 0 Å². The highest BCUT2D eigenvalue weighted by molar-refractivity contribution is 14.0. The molecule has 0 saturated heterocycles. The molecule has 1 aliphatic carbocycles. The third kappa shape index (κ3) is 7.48. The van der Waals surface area contributed by atoms with E-state index in [1.165, 1.54) is 0 Å². The number of carbonyl (C=O) groups is 1. The molecule has 0 bridgehead atoms. The van der Waals surface area contributed by atoms with Gasteiger partial charge in [-0.15, -0.1) is 34.2 Å². The lowest BCUT2D eigenvalue weighted by Crippen LogP contribution is -2.45. The number of halogens is 1. The van der Waals surface area contributed by atoms with Gasteiger partial charge in [-0.25, -0.2) is 4.99 Å². The van der Waals surface area contributed by atoms with Gasteiger partial charge in [0.15, 0.2) is 11.8 Å². The van der Waals surface area contributed by atoms with Gasteiger partial charge in [-0.05, 0) is 45.1 Å². The summed E-state index contributed by atoms with van der Waals surface area (Å²) in [6.07, 6.45) is 3.51. The van der Waals surface area contributed by atoms with Crippen LogP contribution in [0.2, 0.25) is 0 Å². The number of hydrogen-bond donors (Lipinski definition) is 2. The molecule has 1 fully saturated rings. The van der Waals surface area contributed by atoms with Crippen molar-refractivity contribution in [3.8, 4) is 0 Å². The molecule has 0 unspecified atom stereocenters. The van der Waals surface area contributed by atoms with Crippen molar-refractivity contribution in [3.05, 3.63) is 47.5 Å². The maximum atomic E-state index is 12.0. The quantitative estimate of drug-likeness (QED) is 0.243. The number of guanidine groups is 1. The van der Waals surface area contributed by atoms with Crippen molar-refractivity contribution in [1.29, 1.82) is 0 Å². The highest BCUT2D eigenvalue weighted by Gasteiger charge is 2.27. The minimum absolute atomic E-state index is 0. The number of hydrogen-bond acceptors (Lipinski definition) is 5. The molecule has 170 valence electrons. The Morgan fingerprint density at radius 1 is 1.19 bits per heavy atom. The predicted octanol–water partition coefficient (Wildman–Crippen LogP) is 3.10. The van der Waals surface area contributed by atoms with Gasteiger partial charge in [-0.3, -0.25) is 4.79 Å². The number of nitrogens with zero attached hydrogens (tertiary/aromatic N) is 4. The number of rotatable bonds is 7. The van der Waals surface area contributed by atoms with Crippen LogP contribution in [-0.2, 0) is 29.7 Å². The van der Waals surface area contributed by atoms with Crippen molar-refractivity contribution in [2.45, 2.75) is 58.7 Å². The lowest BCUT2D eigenvalue weighted by molar-refractivity contribution is -0.149. The van der Waals surface area contributed by atoms with Crippen LogP contribution < -0.4 is 10.6 Å². The van der Waals surface area contributed by atoms with E-state index in [-0.39, 0.29) is 41.9 Å². The molecule has 0 spiro atoms. The zero-order valence-electron chi connectivity index (χ0n) is 18.5. The first-order valence-electron chi connectivity index (χ1n) is 10.7. The fraction of sp³-hybridized carbons (Fsp3) is 0.545. The summed E-state index contributed by atoms with van der Waals surface area (Å²) < 4.78 is 7.14. The fourth-order valence-corrected chi connectivity index (χ4v) is 3.60. The molecule has 31 heavy (non-hydrogen) atoms. The highest BCUT2D eigenvalue weighted by Crippen LogP contribution is 2.25. The molecule has 3 rings (SSSR count). The molecule has 9 heteroatoms. The van der Waals surface area contributed by atoms with Crippen LogP contribution in [0.3, 0.4) is 0 Å². The first-order valence-corrected chi connectivity index (χ1v) is 10.7. The van der Waals surface area contributed by atoms with E-state index in [0.717, 1.165) is 48.9 Å². The molecular formula is C22H33IN6O2. The number of aliphatic imine (C=N–C) groups is 1. The van der Waals surface area contributed by atoms with Gasteiger partial charge in [-0.1, -0.05) is 30.3 Å². The van der Waals surface area contributed by atoms with Crippen LogP contribution in [0.4, 0.5) is 0 Å². The zero-order valence-corrected chi connectivity index (χ0v) is 20.8. The van der Waals surface area contributed by atoms with Gasteiger partial charge < -0.3 is 19.9 Å². The minimum atomic E-state index is -0.0651. The molecular weight excluding hydrogens is 507 g/mol. The van der Waals surface area contributed by atoms with Gasteiger partial charge in [0.1, 0.15) is 5.82 Å². The Morgan fingerprint density at radius 3 is 2.52 bits per heavy atom. The summed E-state index contributed by atoms with van der Waals surface area (Å²) in [6, 6.07) is 10.5. The molecule has 0 atom stereocenters. The first kappa shape index (κ1) is 25.1. The monoisotopic (exact) mass is 540 g/mol. The van der Waals surface area contributed by atoms with Gasteiger partial charge >= 0.3 is 5.97 Å². The largest absolute Gasteiger partial charge is 0.466 e. The van der Waals surface area contributed by atoms with Crippen molar-refractivity contribution in [2.75, 3.05) is 6.61 Å². The summed E-state index contributed by atoms with van der Waals surface area (Å²) in [6.45, 7) is 5.35. The van der Waals surface area contributed by atoms with Crippen molar-refractivity contribution < 1.29 is 9.53 Å². The molecule has 2 N–H and O–H groups in total. The second-order valence-electron chi connectivity index (χ2n) is 7.67. The average Bonchev–Trinajstić information content (AvgIpc) is 3.09. The summed E-state index contributed by atoms with van der Waals surface area (Å²) in [4.78, 5) is 16.8. The second-order valence-corrected chi connectivity index (χ2v) is 7.67. The Morgan fingerprint density at radius 2 is 1.90 bits per heavy atom. The number of aryl methyl sites for hydroxylation is 1. The van der Waals surface area contributed by atoms with Gasteiger partial charge in [0.25, 0.3) is 0 Å². The minimum Gasteiger partial charge on any atom is -0.466 e. The predicted molar refractivity (Wildman–Crippen MR) is 131 cm³/mol. The van der Waals surface area contributed by atoms with Gasteiger partial charge in [0, 0.05) is 13.1 Å². The molecule has 1 saturated carbocycles. The average molecular weight is 540 g/mol. The van der Waals surface area contributed by atoms with Crippen molar-refractivity contribution in [3.63, 3.8) is 0 Å². The summed E-state index contributed by atoms with van der Waals surface area (Å²) in [7, 11) is 1.96. The molecule has 8 nitrogen and oxygen atoms in total. The maximum Gasteiger partial charge on any atom is 0.308 e. The Kier molecular flexibility index (Phi) is 10.2. The zero-order chi connectivity index (χ0) is 21.3. The van der Waals surface area contributed by atoms with E-state index in [1.807, 2.05) is 43.7 Å². The van der Waals surface area contributed by atoms with Crippen molar-refractivity contribution in [1.82, 2.24) is 25.4 Å². The number of nitrogens with one attached hydrogen (secondary N) is 2. The first-order chi connectivity index (χ1) is 14.6. The number of aromatic nitrogens is 3. The number of esters is 1. The van der Waals surface area contributed by atoms with Crippen molar-refractivity contribution in [2.24, 2.45) is 18.0 Å². The van der Waals surface area contributed by atoms with E-state index in [2.05, 4.69) is 33.0 Å². The number of ether oxygens (including phenoxy) is 1. The topological polar surface area (TPSA) is 93.4 Å². The number of carbonyl (C=O) groups excluding carboxylic acids is 1. The number of benzene rings is 1. The third-order valence-electron chi connectivity index (χ3n) is 5.55. The van der Waals surface area contributed by atoms with Crippen LogP contribution in [-0.4, -0.2) is 39.3 Å². The maximum absolute atomic E-state index is 12.0. The molecule has 0 amide bonds. The Labute approximate surface area is 201 Å². The fourth-order valence-electron chi connectivity index (χ4n) is 3.60. The summed E-state index contributed by atoms with van der Waals surface area (Å²) in [5.74, 6) is 2.43. The van der Waals surface area contributed by atoms with E-state index < -0.39 is 0 Å². The second kappa shape index (κ2) is 12.6. The molecule has 1 heterocycles. The van der Waals surface area contributed by atoms with Crippen LogP contribution in [0.25, 0.3) is 0 Å². The molecule has 0 radical (unpaired) electrons. The van der Waals surface area contributed by atoms with Crippen molar-refractivity contribution >= 4 is 35.9 Å². The van der Waals surface area contributed by atoms with Crippen LogP contribution in [0, 0.1) is 12.8 Å². The SMILES string of the molecule is CCOC(=O)C1CCC(NC(=NCc2ccccc2)NCc2nnc(C)n2C)CC1.I. The van der Waals surface area contributed by atoms with E-state index in [1.54, 1.807) is 0 Å². The summed E-state index contributed by atoms with van der Waals surface area (Å²) in [5, 5.41) is 15.3. The van der Waals surface area contributed by atoms with E-state index in [0.29, 0.717) is 19.7 Å². The van der Waals surface area contributed by atoms with E-state index in [9.17, 15) is 4.79 Å². The Bertz CT molecular complexity index is 847. The summed E-state index contributed by atoms with van der Waals surface area (Å²) >= 11 is 0. The van der Waals surface area contributed by atoms with E-state index in [4.69, 9.17) is 9.73 Å². The van der Waals surface area contributed by atoms with Crippen LogP contribution in [0.5, 0.6) is 0 Å². The molecule has 1 aromatic carbocycles. The molecule has 2 aromatic rings. The van der Waals surface area contributed by atoms with Crippen LogP contribution in [0.1, 0.15) is 49.8 Å². The standard InChI is InChI=1S/C22H32N6O2.HI/c1-4-30-21(29)18-10-12-19(13-11-18)25-22(23-14-17-8-6-5-7-9-17)24-15-20-27-26-16(2)28(20)3;/h5-9,18-19H,4,10-15H2,1-3H3,(H2,23,24,25);1H. The summed E-state index contributed by atoms with van der Waals surface area (Å²) in [5.41, 5.74) is 1.15. The molecule has 1 aromatic heterocycles. The van der Waals surface area contributed by atoms with Crippen LogP contribution in [0.15, 0.2) is 35.3 Å². The third-order valence-corrected chi connectivity index (χ3v) is 5.55. The van der Waals surface area contributed by atoms with Gasteiger partial charge in [0.2, 0.25) is 0 Å². The highest BCUT2D eigenvalue weighted by atomic mass is 127. The van der Waals surface area contributed by atoms with E-state index >= 15 is 0 Å². The lowest BCUT2D eigenvalue weighted by atomic mass is 9.86. The normalized spacial score (nSPS) is 18.7. The molecule has 1 aliphatic rings.